The maximum Gasteiger partial charge on any atom is 0.242 e. The Morgan fingerprint density at radius 2 is 2.04 bits per heavy atom. The van der Waals surface area contributed by atoms with E-state index in [9.17, 15) is 12.8 Å². The van der Waals surface area contributed by atoms with Crippen molar-refractivity contribution in [1.82, 2.24) is 15.0 Å². The maximum absolute atomic E-state index is 14.3. The van der Waals surface area contributed by atoms with Gasteiger partial charge in [-0.2, -0.15) is 0 Å². The lowest BCUT2D eigenvalue weighted by molar-refractivity contribution is 0.564. The van der Waals surface area contributed by atoms with Crippen LogP contribution < -0.4 is 14.9 Å². The first-order valence-corrected chi connectivity index (χ1v) is 9.18. The van der Waals surface area contributed by atoms with Crippen molar-refractivity contribution in [3.05, 3.63) is 54.1 Å². The molecule has 2 aromatic rings. The van der Waals surface area contributed by atoms with E-state index in [0.29, 0.717) is 11.3 Å². The molecule has 24 heavy (non-hydrogen) atoms. The van der Waals surface area contributed by atoms with Crippen LogP contribution in [0.5, 0.6) is 0 Å². The van der Waals surface area contributed by atoms with Crippen LogP contribution in [0.3, 0.4) is 0 Å². The number of nitrogens with one attached hydrogen (secondary N) is 2. The summed E-state index contributed by atoms with van der Waals surface area (Å²) in [6, 6.07) is 7.84. The first-order chi connectivity index (χ1) is 11.6. The van der Waals surface area contributed by atoms with Crippen LogP contribution >= 0.6 is 0 Å². The van der Waals surface area contributed by atoms with Gasteiger partial charge in [0.1, 0.15) is 10.7 Å². The first-order valence-electron chi connectivity index (χ1n) is 7.70. The van der Waals surface area contributed by atoms with Crippen molar-refractivity contribution < 1.29 is 12.8 Å². The van der Waals surface area contributed by atoms with Crippen molar-refractivity contribution in [2.75, 3.05) is 31.1 Å². The Balaban J connectivity index is 1.69. The van der Waals surface area contributed by atoms with Gasteiger partial charge in [0.15, 0.2) is 0 Å². The van der Waals surface area contributed by atoms with E-state index in [2.05, 4.69) is 15.0 Å². The van der Waals surface area contributed by atoms with Gasteiger partial charge in [0.25, 0.3) is 0 Å². The minimum atomic E-state index is -3.66. The van der Waals surface area contributed by atoms with E-state index < -0.39 is 10.0 Å². The Morgan fingerprint density at radius 1 is 1.25 bits per heavy atom. The van der Waals surface area contributed by atoms with Crippen molar-refractivity contribution in [1.29, 1.82) is 0 Å². The molecule has 0 bridgehead atoms. The molecular weight excluding hydrogens is 331 g/mol. The summed E-state index contributed by atoms with van der Waals surface area (Å²) in [6.45, 7) is 3.18. The second-order valence-electron chi connectivity index (χ2n) is 5.54. The van der Waals surface area contributed by atoms with E-state index in [-0.39, 0.29) is 17.3 Å². The van der Waals surface area contributed by atoms with Crippen molar-refractivity contribution in [3.63, 3.8) is 0 Å². The van der Waals surface area contributed by atoms with Crippen LogP contribution in [-0.4, -0.2) is 39.6 Å². The summed E-state index contributed by atoms with van der Waals surface area (Å²) in [5.74, 6) is -0.338. The van der Waals surface area contributed by atoms with Crippen LogP contribution in [0.1, 0.15) is 5.56 Å². The third-order valence-electron chi connectivity index (χ3n) is 3.88. The second kappa shape index (κ2) is 7.25. The summed E-state index contributed by atoms with van der Waals surface area (Å²) in [5, 5.41) is 3.22. The third-order valence-corrected chi connectivity index (χ3v) is 5.27. The molecule has 8 heteroatoms. The van der Waals surface area contributed by atoms with Crippen molar-refractivity contribution in [2.24, 2.45) is 0 Å². The van der Waals surface area contributed by atoms with Gasteiger partial charge in [-0.3, -0.25) is 4.98 Å². The normalized spacial score (nSPS) is 15.5. The van der Waals surface area contributed by atoms with Gasteiger partial charge in [0, 0.05) is 45.1 Å². The molecule has 1 aliphatic heterocycles. The topological polar surface area (TPSA) is 74.3 Å². The molecule has 1 aliphatic rings. The van der Waals surface area contributed by atoms with E-state index in [1.54, 1.807) is 18.2 Å². The SMILES string of the molecule is O=S(=O)(NCc1ccc(N2CCNCC2)c(F)c1)c1cccnc1. The number of pyridine rings is 1. The van der Waals surface area contributed by atoms with Gasteiger partial charge in [0.2, 0.25) is 10.0 Å². The van der Waals surface area contributed by atoms with E-state index in [4.69, 9.17) is 0 Å². The summed E-state index contributed by atoms with van der Waals surface area (Å²) in [7, 11) is -3.66. The molecule has 3 rings (SSSR count). The first kappa shape index (κ1) is 16.8. The third kappa shape index (κ3) is 3.89. The van der Waals surface area contributed by atoms with E-state index in [1.807, 2.05) is 4.90 Å². The van der Waals surface area contributed by atoms with Crippen LogP contribution in [0.15, 0.2) is 47.6 Å². The molecule has 0 unspecified atom stereocenters. The fourth-order valence-corrected chi connectivity index (χ4v) is 3.57. The Morgan fingerprint density at radius 3 is 2.71 bits per heavy atom. The molecular formula is C16H19FN4O2S. The Labute approximate surface area is 140 Å². The minimum Gasteiger partial charge on any atom is -0.367 e. The molecule has 2 N–H and O–H groups in total. The molecule has 0 saturated carbocycles. The average Bonchev–Trinajstić information content (AvgIpc) is 2.62. The lowest BCUT2D eigenvalue weighted by atomic mass is 10.1. The molecule has 0 radical (unpaired) electrons. The van der Waals surface area contributed by atoms with E-state index >= 15 is 0 Å². The molecule has 128 valence electrons. The largest absolute Gasteiger partial charge is 0.367 e. The molecule has 0 atom stereocenters. The number of nitrogens with zero attached hydrogens (tertiary/aromatic N) is 2. The molecule has 1 aromatic heterocycles. The molecule has 0 spiro atoms. The Bertz CT molecular complexity index is 793. The van der Waals surface area contributed by atoms with Crippen molar-refractivity contribution in [3.8, 4) is 0 Å². The zero-order valence-corrected chi connectivity index (χ0v) is 13.9. The van der Waals surface area contributed by atoms with E-state index in [0.717, 1.165) is 26.2 Å². The predicted molar refractivity (Wildman–Crippen MR) is 89.7 cm³/mol. The number of hydrogen-bond donors (Lipinski definition) is 2. The number of rotatable bonds is 5. The monoisotopic (exact) mass is 350 g/mol. The van der Waals surface area contributed by atoms with Gasteiger partial charge in [-0.05, 0) is 29.8 Å². The number of piperazine rings is 1. The fraction of sp³-hybridized carbons (Fsp3) is 0.312. The number of anilines is 1. The van der Waals surface area contributed by atoms with Crippen LogP contribution in [0.4, 0.5) is 10.1 Å². The number of aromatic nitrogens is 1. The highest BCUT2D eigenvalue weighted by Gasteiger charge is 2.16. The number of hydrogen-bond acceptors (Lipinski definition) is 5. The molecule has 1 fully saturated rings. The number of halogens is 1. The maximum atomic E-state index is 14.3. The zero-order valence-electron chi connectivity index (χ0n) is 13.1. The van der Waals surface area contributed by atoms with Gasteiger partial charge in [-0.1, -0.05) is 6.07 Å². The Kier molecular flexibility index (Phi) is 5.08. The highest BCUT2D eigenvalue weighted by Crippen LogP contribution is 2.21. The highest BCUT2D eigenvalue weighted by molar-refractivity contribution is 7.89. The lowest BCUT2D eigenvalue weighted by Gasteiger charge is -2.29. The Hall–Kier alpha value is -2.03. The number of sulfonamides is 1. The molecule has 1 saturated heterocycles. The average molecular weight is 350 g/mol. The smallest absolute Gasteiger partial charge is 0.242 e. The zero-order chi connectivity index (χ0) is 17.0. The van der Waals surface area contributed by atoms with Gasteiger partial charge in [-0.15, -0.1) is 0 Å². The summed E-state index contributed by atoms with van der Waals surface area (Å²) in [4.78, 5) is 5.86. The second-order valence-corrected chi connectivity index (χ2v) is 7.30. The van der Waals surface area contributed by atoms with Gasteiger partial charge < -0.3 is 10.2 Å². The highest BCUT2D eigenvalue weighted by atomic mass is 32.2. The van der Waals surface area contributed by atoms with Crippen LogP contribution in [-0.2, 0) is 16.6 Å². The molecule has 6 nitrogen and oxygen atoms in total. The molecule has 0 amide bonds. The predicted octanol–water partition coefficient (Wildman–Crippen LogP) is 1.11. The van der Waals surface area contributed by atoms with Gasteiger partial charge >= 0.3 is 0 Å². The summed E-state index contributed by atoms with van der Waals surface area (Å²) in [5.41, 5.74) is 1.12. The van der Waals surface area contributed by atoms with Gasteiger partial charge in [-0.25, -0.2) is 17.5 Å². The van der Waals surface area contributed by atoms with Crippen molar-refractivity contribution in [2.45, 2.75) is 11.4 Å². The van der Waals surface area contributed by atoms with Gasteiger partial charge in [0.05, 0.1) is 5.69 Å². The van der Waals surface area contributed by atoms with E-state index in [1.165, 1.54) is 24.5 Å². The lowest BCUT2D eigenvalue weighted by Crippen LogP contribution is -2.43. The molecule has 0 aliphatic carbocycles. The molecule has 2 heterocycles. The van der Waals surface area contributed by atoms with Crippen LogP contribution in [0.25, 0.3) is 0 Å². The van der Waals surface area contributed by atoms with Crippen LogP contribution in [0.2, 0.25) is 0 Å². The molecule has 1 aromatic carbocycles. The van der Waals surface area contributed by atoms with Crippen molar-refractivity contribution >= 4 is 15.7 Å². The summed E-state index contributed by atoms with van der Waals surface area (Å²) < 4.78 is 41.1. The minimum absolute atomic E-state index is 0.0238. The summed E-state index contributed by atoms with van der Waals surface area (Å²) in [6.07, 6.45) is 2.78. The standard InChI is InChI=1S/C16H19FN4O2S/c17-15-10-13(3-4-16(15)21-8-6-18-7-9-21)11-20-24(22,23)14-2-1-5-19-12-14/h1-5,10,12,18,20H,6-9,11H2. The number of benzene rings is 1. The quantitative estimate of drug-likeness (QED) is 0.845. The fourth-order valence-electron chi connectivity index (χ4n) is 2.59. The summed E-state index contributed by atoms with van der Waals surface area (Å²) >= 11 is 0. The van der Waals surface area contributed by atoms with Crippen LogP contribution in [0, 0.1) is 5.82 Å².